The van der Waals surface area contributed by atoms with Gasteiger partial charge in [0.05, 0.1) is 0 Å². The first-order valence-electron chi connectivity index (χ1n) is 7.87. The summed E-state index contributed by atoms with van der Waals surface area (Å²) in [6.07, 6.45) is 1.27. The lowest BCUT2D eigenvalue weighted by Gasteiger charge is -2.32. The Labute approximate surface area is 134 Å². The van der Waals surface area contributed by atoms with Crippen LogP contribution in [0.25, 0.3) is 0 Å². The fourth-order valence-corrected chi connectivity index (χ4v) is 3.49. The van der Waals surface area contributed by atoms with Gasteiger partial charge in [-0.15, -0.1) is 0 Å². The van der Waals surface area contributed by atoms with Crippen LogP contribution in [0.2, 0.25) is 0 Å². The van der Waals surface area contributed by atoms with Crippen molar-refractivity contribution in [2.24, 2.45) is 5.92 Å². The van der Waals surface area contributed by atoms with E-state index in [1.165, 1.54) is 6.92 Å². The lowest BCUT2D eigenvalue weighted by Crippen LogP contribution is -2.43. The molecule has 0 aromatic heterocycles. The molecule has 2 heterocycles. The van der Waals surface area contributed by atoms with E-state index in [1.54, 1.807) is 28.0 Å². The Morgan fingerprint density at radius 3 is 2.39 bits per heavy atom. The molecule has 1 N–H and O–H groups in total. The van der Waals surface area contributed by atoms with Gasteiger partial charge < -0.3 is 14.9 Å². The Morgan fingerprint density at radius 2 is 1.78 bits per heavy atom. The molecule has 2 aliphatic rings. The molecule has 1 atom stereocenters. The van der Waals surface area contributed by atoms with Gasteiger partial charge in [0.1, 0.15) is 5.92 Å². The molecule has 2 aliphatic heterocycles. The van der Waals surface area contributed by atoms with Crippen molar-refractivity contribution < 1.29 is 19.5 Å². The van der Waals surface area contributed by atoms with E-state index in [0.29, 0.717) is 37.2 Å². The van der Waals surface area contributed by atoms with Crippen LogP contribution in [-0.2, 0) is 14.4 Å². The predicted octanol–water partition coefficient (Wildman–Crippen LogP) is 1.46. The highest BCUT2D eigenvalue weighted by Gasteiger charge is 2.39. The maximum atomic E-state index is 12.8. The molecular weight excluding hydrogens is 296 g/mol. The number of aliphatic carboxylic acids is 1. The highest BCUT2D eigenvalue weighted by atomic mass is 16.4. The molecule has 0 radical (unpaired) electrons. The highest BCUT2D eigenvalue weighted by molar-refractivity contribution is 6.00. The average Bonchev–Trinajstić information content (AvgIpc) is 2.94. The molecule has 6 heteroatoms. The van der Waals surface area contributed by atoms with Crippen molar-refractivity contribution in [2.45, 2.75) is 25.7 Å². The molecule has 1 aromatic rings. The van der Waals surface area contributed by atoms with Gasteiger partial charge in [0, 0.05) is 38.2 Å². The summed E-state index contributed by atoms with van der Waals surface area (Å²) in [7, 11) is 0. The van der Waals surface area contributed by atoms with E-state index >= 15 is 0 Å². The molecule has 1 unspecified atom stereocenters. The van der Waals surface area contributed by atoms with E-state index in [0.717, 1.165) is 0 Å². The van der Waals surface area contributed by atoms with E-state index in [1.807, 2.05) is 6.07 Å². The van der Waals surface area contributed by atoms with Gasteiger partial charge in [0.2, 0.25) is 11.8 Å². The molecule has 1 aromatic carbocycles. The van der Waals surface area contributed by atoms with Gasteiger partial charge in [-0.1, -0.05) is 18.2 Å². The standard InChI is InChI=1S/C17H20N2O4/c1-11(20)18-8-6-12(7-9-18)16(21)19-10-14(17(22)23)13-4-2-3-5-15(13)19/h2-5,12,14H,6-10H2,1H3,(H,22,23). The quantitative estimate of drug-likeness (QED) is 0.896. The zero-order valence-corrected chi connectivity index (χ0v) is 13.1. The predicted molar refractivity (Wildman–Crippen MR) is 84.1 cm³/mol. The second-order valence-electron chi connectivity index (χ2n) is 6.18. The fourth-order valence-electron chi connectivity index (χ4n) is 3.49. The number of amides is 2. The van der Waals surface area contributed by atoms with Gasteiger partial charge in [0.25, 0.3) is 0 Å². The molecule has 1 saturated heterocycles. The number of hydrogen-bond donors (Lipinski definition) is 1. The number of nitrogens with zero attached hydrogens (tertiary/aromatic N) is 2. The summed E-state index contributed by atoms with van der Waals surface area (Å²) in [5.41, 5.74) is 1.41. The number of carboxylic acid groups (broad SMARTS) is 1. The van der Waals surface area contributed by atoms with E-state index in [-0.39, 0.29) is 24.3 Å². The smallest absolute Gasteiger partial charge is 0.312 e. The first-order chi connectivity index (χ1) is 11.0. The largest absolute Gasteiger partial charge is 0.481 e. The molecule has 2 amide bonds. The minimum absolute atomic E-state index is 0.0237. The minimum atomic E-state index is -0.904. The third kappa shape index (κ3) is 2.81. The third-order valence-electron chi connectivity index (χ3n) is 4.82. The first kappa shape index (κ1) is 15.5. The van der Waals surface area contributed by atoms with Gasteiger partial charge in [-0.3, -0.25) is 14.4 Å². The molecule has 0 saturated carbocycles. The van der Waals surface area contributed by atoms with Crippen LogP contribution in [0.3, 0.4) is 0 Å². The molecule has 6 nitrogen and oxygen atoms in total. The van der Waals surface area contributed by atoms with Crippen LogP contribution in [0, 0.1) is 5.92 Å². The van der Waals surface area contributed by atoms with Crippen molar-refractivity contribution in [3.8, 4) is 0 Å². The summed E-state index contributed by atoms with van der Waals surface area (Å²) in [5, 5.41) is 9.38. The van der Waals surface area contributed by atoms with Crippen molar-refractivity contribution in [3.05, 3.63) is 29.8 Å². The maximum Gasteiger partial charge on any atom is 0.312 e. The van der Waals surface area contributed by atoms with Crippen molar-refractivity contribution in [1.29, 1.82) is 0 Å². The lowest BCUT2D eigenvalue weighted by atomic mass is 9.95. The van der Waals surface area contributed by atoms with Crippen molar-refractivity contribution >= 4 is 23.5 Å². The Hall–Kier alpha value is -2.37. The summed E-state index contributed by atoms with van der Waals surface area (Å²) >= 11 is 0. The molecule has 122 valence electrons. The van der Waals surface area contributed by atoms with Gasteiger partial charge in [0.15, 0.2) is 0 Å². The number of fused-ring (bicyclic) bond motifs is 1. The summed E-state index contributed by atoms with van der Waals surface area (Å²) in [6.45, 7) is 2.91. The number of rotatable bonds is 2. The molecule has 0 aliphatic carbocycles. The monoisotopic (exact) mass is 316 g/mol. The zero-order chi connectivity index (χ0) is 16.6. The summed E-state index contributed by atoms with van der Waals surface area (Å²) in [6, 6.07) is 7.20. The van der Waals surface area contributed by atoms with Gasteiger partial charge in [-0.25, -0.2) is 0 Å². The number of likely N-dealkylation sites (tertiary alicyclic amines) is 1. The van der Waals surface area contributed by atoms with Crippen molar-refractivity contribution in [1.82, 2.24) is 4.90 Å². The normalized spacial score (nSPS) is 21.2. The summed E-state index contributed by atoms with van der Waals surface area (Å²) in [4.78, 5) is 39.0. The second-order valence-corrected chi connectivity index (χ2v) is 6.18. The number of carbonyl (C=O) groups excluding carboxylic acids is 2. The van der Waals surface area contributed by atoms with Gasteiger partial charge >= 0.3 is 5.97 Å². The number of anilines is 1. The Balaban J connectivity index is 1.76. The molecule has 3 rings (SSSR count). The number of para-hydroxylation sites is 1. The number of carbonyl (C=O) groups is 3. The van der Waals surface area contributed by atoms with Crippen LogP contribution >= 0.6 is 0 Å². The molecule has 23 heavy (non-hydrogen) atoms. The topological polar surface area (TPSA) is 77.9 Å². The van der Waals surface area contributed by atoms with Crippen LogP contribution in [0.15, 0.2) is 24.3 Å². The molecule has 1 fully saturated rings. The Kier molecular flexibility index (Phi) is 4.07. The van der Waals surface area contributed by atoms with E-state index in [4.69, 9.17) is 0 Å². The lowest BCUT2D eigenvalue weighted by molar-refractivity contribution is -0.138. The molecule has 0 bridgehead atoms. The summed E-state index contributed by atoms with van der Waals surface area (Å²) < 4.78 is 0. The SMILES string of the molecule is CC(=O)N1CCC(C(=O)N2CC(C(=O)O)c3ccccc32)CC1. The van der Waals surface area contributed by atoms with Crippen LogP contribution in [0.1, 0.15) is 31.2 Å². The average molecular weight is 316 g/mol. The van der Waals surface area contributed by atoms with Crippen LogP contribution < -0.4 is 4.90 Å². The summed E-state index contributed by atoms with van der Waals surface area (Å²) in [5.74, 6) is -1.70. The maximum absolute atomic E-state index is 12.8. The van der Waals surface area contributed by atoms with Crippen molar-refractivity contribution in [2.75, 3.05) is 24.5 Å². The number of hydrogen-bond acceptors (Lipinski definition) is 3. The van der Waals surface area contributed by atoms with E-state index < -0.39 is 11.9 Å². The number of piperidine rings is 1. The Bertz CT molecular complexity index is 650. The van der Waals surface area contributed by atoms with Crippen LogP contribution in [0.4, 0.5) is 5.69 Å². The van der Waals surface area contributed by atoms with E-state index in [9.17, 15) is 19.5 Å². The Morgan fingerprint density at radius 1 is 1.13 bits per heavy atom. The van der Waals surface area contributed by atoms with Crippen LogP contribution in [-0.4, -0.2) is 47.4 Å². The fraction of sp³-hybridized carbons (Fsp3) is 0.471. The number of benzene rings is 1. The zero-order valence-electron chi connectivity index (χ0n) is 13.1. The van der Waals surface area contributed by atoms with Gasteiger partial charge in [-0.2, -0.15) is 0 Å². The first-order valence-corrected chi connectivity index (χ1v) is 7.87. The molecular formula is C17H20N2O4. The molecule has 0 spiro atoms. The second kappa shape index (κ2) is 6.02. The third-order valence-corrected chi connectivity index (χ3v) is 4.82. The van der Waals surface area contributed by atoms with Gasteiger partial charge in [-0.05, 0) is 24.5 Å². The van der Waals surface area contributed by atoms with Crippen LogP contribution in [0.5, 0.6) is 0 Å². The number of carboxylic acids is 1. The van der Waals surface area contributed by atoms with Crippen molar-refractivity contribution in [3.63, 3.8) is 0 Å². The van der Waals surface area contributed by atoms with E-state index in [2.05, 4.69) is 0 Å². The minimum Gasteiger partial charge on any atom is -0.481 e. The highest BCUT2D eigenvalue weighted by Crippen LogP contribution is 2.38.